The Morgan fingerprint density at radius 3 is 2.08 bits per heavy atom. The molecule has 1 heterocycles. The second kappa shape index (κ2) is 10.6. The monoisotopic (exact) mass is 501 g/mol. The van der Waals surface area contributed by atoms with Crippen molar-refractivity contribution in [3.8, 4) is 11.5 Å². The fraction of sp³-hybridized carbons (Fsp3) is 0.207. The second-order valence-corrected chi connectivity index (χ2v) is 8.72. The van der Waals surface area contributed by atoms with Crippen molar-refractivity contribution in [2.24, 2.45) is 0 Å². The predicted molar refractivity (Wildman–Crippen MR) is 137 cm³/mol. The van der Waals surface area contributed by atoms with Crippen molar-refractivity contribution in [2.75, 3.05) is 11.5 Å². The zero-order valence-electron chi connectivity index (χ0n) is 20.7. The third kappa shape index (κ3) is 5.18. The Morgan fingerprint density at radius 1 is 0.919 bits per heavy atom. The van der Waals surface area contributed by atoms with Crippen LogP contribution in [0.3, 0.4) is 0 Å². The molecule has 1 aliphatic rings. The SMILES string of the molecule is CCOc1ccc(/C(O)=C2\C(=O)C(=O)N(c3ccc(C(=O)OC(C)C)cc3)C2c2ccc(O)cc2)cc1. The van der Waals surface area contributed by atoms with Gasteiger partial charge in [0.25, 0.3) is 11.7 Å². The molecule has 0 spiro atoms. The average Bonchev–Trinajstić information content (AvgIpc) is 3.14. The summed E-state index contributed by atoms with van der Waals surface area (Å²) < 4.78 is 10.7. The fourth-order valence-electron chi connectivity index (χ4n) is 4.14. The Balaban J connectivity index is 1.80. The zero-order chi connectivity index (χ0) is 26.7. The van der Waals surface area contributed by atoms with Crippen LogP contribution in [0.15, 0.2) is 78.4 Å². The molecule has 1 unspecified atom stereocenters. The first-order chi connectivity index (χ1) is 17.7. The van der Waals surface area contributed by atoms with E-state index < -0.39 is 23.7 Å². The van der Waals surface area contributed by atoms with Crippen molar-refractivity contribution in [3.63, 3.8) is 0 Å². The molecule has 3 aromatic carbocycles. The number of rotatable bonds is 7. The summed E-state index contributed by atoms with van der Waals surface area (Å²) in [5.74, 6) is -1.91. The minimum absolute atomic E-state index is 0.0141. The average molecular weight is 502 g/mol. The molecule has 3 aromatic rings. The summed E-state index contributed by atoms with van der Waals surface area (Å²) in [4.78, 5) is 40.1. The van der Waals surface area contributed by atoms with Crippen molar-refractivity contribution in [3.05, 3.63) is 95.1 Å². The van der Waals surface area contributed by atoms with Crippen LogP contribution < -0.4 is 9.64 Å². The number of Topliss-reactive ketones (excluding diaryl/α,β-unsaturated/α-hetero) is 1. The molecule has 1 atom stereocenters. The molecule has 0 bridgehead atoms. The molecule has 1 amide bonds. The third-order valence-electron chi connectivity index (χ3n) is 5.82. The summed E-state index contributed by atoms with van der Waals surface area (Å²) in [7, 11) is 0. The number of nitrogens with zero attached hydrogens (tertiary/aromatic N) is 1. The molecule has 8 nitrogen and oxygen atoms in total. The second-order valence-electron chi connectivity index (χ2n) is 8.72. The summed E-state index contributed by atoms with van der Waals surface area (Å²) in [6.07, 6.45) is -0.290. The molecule has 37 heavy (non-hydrogen) atoms. The van der Waals surface area contributed by atoms with Gasteiger partial charge >= 0.3 is 5.97 Å². The number of aliphatic hydroxyl groups is 1. The van der Waals surface area contributed by atoms with Crippen LogP contribution in [0.25, 0.3) is 5.76 Å². The van der Waals surface area contributed by atoms with Gasteiger partial charge in [0.15, 0.2) is 0 Å². The molecule has 0 radical (unpaired) electrons. The van der Waals surface area contributed by atoms with Gasteiger partial charge in [-0.1, -0.05) is 12.1 Å². The van der Waals surface area contributed by atoms with E-state index in [0.29, 0.717) is 34.7 Å². The molecule has 1 fully saturated rings. The van der Waals surface area contributed by atoms with Crippen LogP contribution in [0.2, 0.25) is 0 Å². The van der Waals surface area contributed by atoms with Crippen molar-refractivity contribution < 1.29 is 34.1 Å². The van der Waals surface area contributed by atoms with Gasteiger partial charge in [0.1, 0.15) is 17.3 Å². The number of ketones is 1. The first-order valence-corrected chi connectivity index (χ1v) is 11.9. The van der Waals surface area contributed by atoms with Crippen molar-refractivity contribution in [2.45, 2.75) is 32.9 Å². The van der Waals surface area contributed by atoms with E-state index in [1.807, 2.05) is 6.92 Å². The maximum atomic E-state index is 13.3. The molecule has 0 aromatic heterocycles. The maximum absolute atomic E-state index is 13.3. The van der Waals surface area contributed by atoms with Gasteiger partial charge < -0.3 is 19.7 Å². The third-order valence-corrected chi connectivity index (χ3v) is 5.82. The van der Waals surface area contributed by atoms with E-state index in [0.717, 1.165) is 0 Å². The van der Waals surface area contributed by atoms with E-state index in [2.05, 4.69) is 0 Å². The summed E-state index contributed by atoms with van der Waals surface area (Å²) >= 11 is 0. The number of hydrogen-bond acceptors (Lipinski definition) is 7. The number of phenols is 1. The number of aromatic hydroxyl groups is 1. The Bertz CT molecular complexity index is 1340. The van der Waals surface area contributed by atoms with E-state index in [-0.39, 0.29) is 23.2 Å². The van der Waals surface area contributed by atoms with E-state index in [4.69, 9.17) is 9.47 Å². The van der Waals surface area contributed by atoms with Crippen LogP contribution in [0, 0.1) is 0 Å². The number of amides is 1. The van der Waals surface area contributed by atoms with Crippen molar-refractivity contribution in [1.82, 2.24) is 0 Å². The van der Waals surface area contributed by atoms with E-state index in [1.54, 1.807) is 62.4 Å². The summed E-state index contributed by atoms with van der Waals surface area (Å²) in [6, 6.07) is 17.7. The van der Waals surface area contributed by atoms with E-state index in [1.165, 1.54) is 29.2 Å². The highest BCUT2D eigenvalue weighted by Gasteiger charge is 2.47. The van der Waals surface area contributed by atoms with Crippen LogP contribution >= 0.6 is 0 Å². The van der Waals surface area contributed by atoms with Gasteiger partial charge in [-0.25, -0.2) is 4.79 Å². The van der Waals surface area contributed by atoms with Crippen LogP contribution in [-0.4, -0.2) is 40.6 Å². The Labute approximate surface area is 214 Å². The van der Waals surface area contributed by atoms with Gasteiger partial charge in [0, 0.05) is 11.3 Å². The molecule has 1 aliphatic heterocycles. The van der Waals surface area contributed by atoms with E-state index >= 15 is 0 Å². The van der Waals surface area contributed by atoms with Crippen LogP contribution in [0.1, 0.15) is 48.3 Å². The molecule has 1 saturated heterocycles. The zero-order valence-corrected chi connectivity index (χ0v) is 20.7. The van der Waals surface area contributed by atoms with Gasteiger partial charge in [0.2, 0.25) is 0 Å². The molecule has 8 heteroatoms. The number of hydrogen-bond donors (Lipinski definition) is 2. The van der Waals surface area contributed by atoms with Gasteiger partial charge in [-0.05, 0) is 87.0 Å². The summed E-state index contributed by atoms with van der Waals surface area (Å²) in [5, 5.41) is 21.0. The molecule has 190 valence electrons. The number of aliphatic hydroxyl groups excluding tert-OH is 1. The van der Waals surface area contributed by atoms with Crippen LogP contribution in [0.4, 0.5) is 5.69 Å². The lowest BCUT2D eigenvalue weighted by atomic mass is 9.95. The fourth-order valence-corrected chi connectivity index (χ4v) is 4.14. The highest BCUT2D eigenvalue weighted by Crippen LogP contribution is 2.42. The lowest BCUT2D eigenvalue weighted by Gasteiger charge is -2.25. The highest BCUT2D eigenvalue weighted by atomic mass is 16.5. The molecule has 4 rings (SSSR count). The standard InChI is InChI=1S/C29H27NO7/c1-4-36-23-15-9-19(10-16-23)26(32)24-25(18-7-13-22(31)14-8-18)30(28(34)27(24)33)21-11-5-20(6-12-21)29(35)37-17(2)3/h5-17,25,31-32H,4H2,1-3H3/b26-24+. The Morgan fingerprint density at radius 2 is 1.51 bits per heavy atom. The number of ether oxygens (including phenoxy) is 2. The minimum atomic E-state index is -0.972. The van der Waals surface area contributed by atoms with Crippen LogP contribution in [-0.2, 0) is 14.3 Å². The maximum Gasteiger partial charge on any atom is 0.338 e. The molecular weight excluding hydrogens is 474 g/mol. The molecule has 0 aliphatic carbocycles. The molecular formula is C29H27NO7. The topological polar surface area (TPSA) is 113 Å². The van der Waals surface area contributed by atoms with Crippen molar-refractivity contribution in [1.29, 1.82) is 0 Å². The predicted octanol–water partition coefficient (Wildman–Crippen LogP) is 4.98. The quantitative estimate of drug-likeness (QED) is 0.203. The van der Waals surface area contributed by atoms with Crippen LogP contribution in [0.5, 0.6) is 11.5 Å². The Kier molecular flexibility index (Phi) is 7.29. The van der Waals surface area contributed by atoms with Gasteiger partial charge in [-0.3, -0.25) is 14.5 Å². The summed E-state index contributed by atoms with van der Waals surface area (Å²) in [5.41, 5.74) is 1.41. The normalized spacial score (nSPS) is 16.8. The number of carbonyl (C=O) groups excluding carboxylic acids is 3. The van der Waals surface area contributed by atoms with Gasteiger partial charge in [-0.15, -0.1) is 0 Å². The number of carbonyl (C=O) groups is 3. The van der Waals surface area contributed by atoms with Gasteiger partial charge in [0.05, 0.1) is 29.9 Å². The number of esters is 1. The lowest BCUT2D eigenvalue weighted by Crippen LogP contribution is -2.29. The minimum Gasteiger partial charge on any atom is -0.508 e. The molecule has 0 saturated carbocycles. The van der Waals surface area contributed by atoms with Gasteiger partial charge in [-0.2, -0.15) is 0 Å². The Hall–Kier alpha value is -4.59. The van der Waals surface area contributed by atoms with E-state index in [9.17, 15) is 24.6 Å². The largest absolute Gasteiger partial charge is 0.508 e. The summed E-state index contributed by atoms with van der Waals surface area (Å²) in [6.45, 7) is 5.82. The first kappa shape index (κ1) is 25.5. The molecule has 2 N–H and O–H groups in total. The number of benzene rings is 3. The number of phenolic OH excluding ortho intramolecular Hbond substituents is 1. The smallest absolute Gasteiger partial charge is 0.338 e. The number of anilines is 1. The lowest BCUT2D eigenvalue weighted by molar-refractivity contribution is -0.132. The first-order valence-electron chi connectivity index (χ1n) is 11.9. The van der Waals surface area contributed by atoms with Crippen molar-refractivity contribution >= 4 is 29.1 Å². The highest BCUT2D eigenvalue weighted by molar-refractivity contribution is 6.51.